The van der Waals surface area contributed by atoms with Crippen molar-refractivity contribution in [3.8, 4) is 6.07 Å². The second-order valence-electron chi connectivity index (χ2n) is 4.49. The third kappa shape index (κ3) is 4.43. The van der Waals surface area contributed by atoms with Gasteiger partial charge in [-0.25, -0.2) is 0 Å². The summed E-state index contributed by atoms with van der Waals surface area (Å²) in [6.45, 7) is 5.92. The number of rotatable bonds is 5. The lowest BCUT2D eigenvalue weighted by Crippen LogP contribution is -2.43. The van der Waals surface area contributed by atoms with Crippen LogP contribution in [0, 0.1) is 23.2 Å². The lowest BCUT2D eigenvalue weighted by atomic mass is 9.96. The molecule has 2 amide bonds. The molecule has 96 valence electrons. The number of hydrogen-bond acceptors (Lipinski definition) is 3. The Bertz CT molecular complexity index is 318. The molecule has 0 bridgehead atoms. The van der Waals surface area contributed by atoms with Gasteiger partial charge in [-0.1, -0.05) is 13.8 Å². The van der Waals surface area contributed by atoms with Crippen LogP contribution in [0.3, 0.4) is 0 Å². The molecule has 0 heterocycles. The number of carbonyl (C=O) groups is 2. The minimum absolute atomic E-state index is 0.0350. The van der Waals surface area contributed by atoms with Gasteiger partial charge in [-0.05, 0) is 12.8 Å². The van der Waals surface area contributed by atoms with Crippen LogP contribution in [0.15, 0.2) is 0 Å². The van der Waals surface area contributed by atoms with E-state index in [2.05, 4.69) is 0 Å². The first kappa shape index (κ1) is 15.4. The molecule has 0 aromatic carbocycles. The Hall–Kier alpha value is -1.57. The van der Waals surface area contributed by atoms with Crippen LogP contribution in [0.25, 0.3) is 0 Å². The molecule has 17 heavy (non-hydrogen) atoms. The number of nitrogens with zero attached hydrogens (tertiary/aromatic N) is 3. The van der Waals surface area contributed by atoms with E-state index < -0.39 is 5.92 Å². The Morgan fingerprint density at radius 3 is 2.12 bits per heavy atom. The fraction of sp³-hybridized carbons (Fsp3) is 0.750. The van der Waals surface area contributed by atoms with Gasteiger partial charge in [0.25, 0.3) is 0 Å². The molecule has 0 aliphatic carbocycles. The van der Waals surface area contributed by atoms with Gasteiger partial charge in [0.15, 0.2) is 0 Å². The van der Waals surface area contributed by atoms with Crippen molar-refractivity contribution < 1.29 is 9.59 Å². The molecule has 0 fully saturated rings. The van der Waals surface area contributed by atoms with Crippen LogP contribution in [-0.2, 0) is 9.59 Å². The van der Waals surface area contributed by atoms with E-state index in [1.807, 2.05) is 19.9 Å². The summed E-state index contributed by atoms with van der Waals surface area (Å²) in [5.74, 6) is -1.12. The van der Waals surface area contributed by atoms with Gasteiger partial charge >= 0.3 is 0 Å². The Kier molecular flexibility index (Phi) is 6.26. The molecule has 0 aliphatic heterocycles. The highest BCUT2D eigenvalue weighted by molar-refractivity contribution is 5.87. The standard InChI is InChI=1S/C12H21N3O2/c1-6-15(8-11(16)14(4)5)12(17)10(7-13)9(2)3/h9-10H,6,8H2,1-5H3. The second-order valence-corrected chi connectivity index (χ2v) is 4.49. The first-order chi connectivity index (χ1) is 7.84. The highest BCUT2D eigenvalue weighted by Gasteiger charge is 2.27. The van der Waals surface area contributed by atoms with E-state index in [0.717, 1.165) is 0 Å². The maximum atomic E-state index is 12.0. The second kappa shape index (κ2) is 6.89. The third-order valence-corrected chi connectivity index (χ3v) is 2.59. The molecule has 0 N–H and O–H groups in total. The summed E-state index contributed by atoms with van der Waals surface area (Å²) < 4.78 is 0. The van der Waals surface area contributed by atoms with Gasteiger partial charge in [-0.15, -0.1) is 0 Å². The molecule has 1 unspecified atom stereocenters. The lowest BCUT2D eigenvalue weighted by molar-refractivity contribution is -0.141. The molecule has 0 spiro atoms. The van der Waals surface area contributed by atoms with Crippen molar-refractivity contribution in [2.45, 2.75) is 20.8 Å². The van der Waals surface area contributed by atoms with Crippen LogP contribution in [0.1, 0.15) is 20.8 Å². The summed E-state index contributed by atoms with van der Waals surface area (Å²) in [6.07, 6.45) is 0. The Morgan fingerprint density at radius 1 is 1.29 bits per heavy atom. The van der Waals surface area contributed by atoms with Crippen molar-refractivity contribution in [2.75, 3.05) is 27.2 Å². The molecule has 1 atom stereocenters. The first-order valence-corrected chi connectivity index (χ1v) is 5.73. The van der Waals surface area contributed by atoms with E-state index in [-0.39, 0.29) is 24.3 Å². The van der Waals surface area contributed by atoms with Crippen LogP contribution >= 0.6 is 0 Å². The smallest absolute Gasteiger partial charge is 0.241 e. The minimum atomic E-state index is -0.676. The van der Waals surface area contributed by atoms with Crippen LogP contribution < -0.4 is 0 Å². The molecular formula is C12H21N3O2. The number of amides is 2. The molecule has 0 aromatic heterocycles. The predicted octanol–water partition coefficient (Wildman–Crippen LogP) is 0.719. The van der Waals surface area contributed by atoms with Crippen LogP contribution in [0.5, 0.6) is 0 Å². The molecule has 5 heteroatoms. The summed E-state index contributed by atoms with van der Waals surface area (Å²) in [6, 6.07) is 2.00. The zero-order valence-electron chi connectivity index (χ0n) is 11.2. The van der Waals surface area contributed by atoms with Gasteiger partial charge in [0, 0.05) is 20.6 Å². The summed E-state index contributed by atoms with van der Waals surface area (Å²) in [5.41, 5.74) is 0. The summed E-state index contributed by atoms with van der Waals surface area (Å²) in [7, 11) is 3.29. The molecule has 0 saturated heterocycles. The number of hydrogen-bond donors (Lipinski definition) is 0. The van der Waals surface area contributed by atoms with Gasteiger partial charge in [0.1, 0.15) is 5.92 Å². The fourth-order valence-electron chi connectivity index (χ4n) is 1.34. The summed E-state index contributed by atoms with van der Waals surface area (Å²) in [5, 5.41) is 8.96. The Labute approximate surface area is 103 Å². The molecule has 0 aromatic rings. The van der Waals surface area contributed by atoms with Gasteiger partial charge in [0.05, 0.1) is 12.6 Å². The minimum Gasteiger partial charge on any atom is -0.347 e. The first-order valence-electron chi connectivity index (χ1n) is 5.73. The van der Waals surface area contributed by atoms with E-state index >= 15 is 0 Å². The SMILES string of the molecule is CCN(CC(=O)N(C)C)C(=O)C(C#N)C(C)C. The van der Waals surface area contributed by atoms with E-state index in [1.165, 1.54) is 9.80 Å². The van der Waals surface area contributed by atoms with Crippen molar-refractivity contribution in [1.29, 1.82) is 5.26 Å². The average Bonchev–Trinajstić information content (AvgIpc) is 2.25. The molecule has 5 nitrogen and oxygen atoms in total. The maximum Gasteiger partial charge on any atom is 0.241 e. The average molecular weight is 239 g/mol. The van der Waals surface area contributed by atoms with Gasteiger partial charge in [0.2, 0.25) is 11.8 Å². The summed E-state index contributed by atoms with van der Waals surface area (Å²) >= 11 is 0. The largest absolute Gasteiger partial charge is 0.347 e. The van der Waals surface area contributed by atoms with Crippen molar-refractivity contribution in [3.63, 3.8) is 0 Å². The van der Waals surface area contributed by atoms with Crippen molar-refractivity contribution in [2.24, 2.45) is 11.8 Å². The number of nitriles is 1. The van der Waals surface area contributed by atoms with Gasteiger partial charge < -0.3 is 9.80 Å². The molecule has 0 aliphatic rings. The highest BCUT2D eigenvalue weighted by atomic mass is 16.2. The fourth-order valence-corrected chi connectivity index (χ4v) is 1.34. The maximum absolute atomic E-state index is 12.0. The van der Waals surface area contributed by atoms with Crippen molar-refractivity contribution in [3.05, 3.63) is 0 Å². The van der Waals surface area contributed by atoms with Crippen molar-refractivity contribution in [1.82, 2.24) is 9.80 Å². The zero-order chi connectivity index (χ0) is 13.6. The number of likely N-dealkylation sites (N-methyl/N-ethyl adjacent to an activating group) is 2. The summed E-state index contributed by atoms with van der Waals surface area (Å²) in [4.78, 5) is 26.4. The topological polar surface area (TPSA) is 64.4 Å². The Balaban J connectivity index is 4.72. The molecule has 0 saturated carbocycles. The molecule has 0 rings (SSSR count). The monoisotopic (exact) mass is 239 g/mol. The Morgan fingerprint density at radius 2 is 1.82 bits per heavy atom. The molecular weight excluding hydrogens is 218 g/mol. The van der Waals surface area contributed by atoms with Crippen molar-refractivity contribution >= 4 is 11.8 Å². The van der Waals surface area contributed by atoms with Crippen LogP contribution in [0.2, 0.25) is 0 Å². The van der Waals surface area contributed by atoms with Gasteiger partial charge in [-0.2, -0.15) is 5.26 Å². The van der Waals surface area contributed by atoms with E-state index in [9.17, 15) is 9.59 Å². The van der Waals surface area contributed by atoms with Gasteiger partial charge in [-0.3, -0.25) is 9.59 Å². The van der Waals surface area contributed by atoms with E-state index in [4.69, 9.17) is 5.26 Å². The van der Waals surface area contributed by atoms with E-state index in [0.29, 0.717) is 6.54 Å². The normalized spacial score (nSPS) is 11.8. The van der Waals surface area contributed by atoms with Crippen LogP contribution in [-0.4, -0.2) is 48.8 Å². The third-order valence-electron chi connectivity index (χ3n) is 2.59. The predicted molar refractivity (Wildman–Crippen MR) is 64.9 cm³/mol. The van der Waals surface area contributed by atoms with Crippen LogP contribution in [0.4, 0.5) is 0 Å². The lowest BCUT2D eigenvalue weighted by Gasteiger charge is -2.25. The zero-order valence-corrected chi connectivity index (χ0v) is 11.2. The number of carbonyl (C=O) groups excluding carboxylic acids is 2. The van der Waals surface area contributed by atoms with E-state index in [1.54, 1.807) is 21.0 Å². The highest BCUT2D eigenvalue weighted by Crippen LogP contribution is 2.13. The quantitative estimate of drug-likeness (QED) is 0.710. The molecule has 0 radical (unpaired) electrons.